The van der Waals surface area contributed by atoms with Crippen molar-refractivity contribution in [2.75, 3.05) is 20.6 Å². The highest BCUT2D eigenvalue weighted by Crippen LogP contribution is 2.13. The van der Waals surface area contributed by atoms with Gasteiger partial charge in [0.2, 0.25) is 5.91 Å². The van der Waals surface area contributed by atoms with Gasteiger partial charge in [-0.1, -0.05) is 84.1 Å². The molecule has 0 aromatic rings. The Morgan fingerprint density at radius 2 is 1.38 bits per heavy atom. The van der Waals surface area contributed by atoms with E-state index < -0.39 is 0 Å². The Bertz CT molecular complexity index is 299. The van der Waals surface area contributed by atoms with Crippen LogP contribution in [0.3, 0.4) is 0 Å². The summed E-state index contributed by atoms with van der Waals surface area (Å²) in [5.74, 6) is 0.0731. The molecule has 0 spiro atoms. The van der Waals surface area contributed by atoms with Gasteiger partial charge in [0.1, 0.15) is 0 Å². The van der Waals surface area contributed by atoms with E-state index in [-0.39, 0.29) is 5.91 Å². The Labute approximate surface area is 151 Å². The van der Waals surface area contributed by atoms with Crippen LogP contribution in [-0.2, 0) is 4.79 Å². The average Bonchev–Trinajstić information content (AvgIpc) is 2.53. The summed E-state index contributed by atoms with van der Waals surface area (Å²) in [5, 5.41) is 3.23. The van der Waals surface area contributed by atoms with Gasteiger partial charge >= 0.3 is 0 Å². The van der Waals surface area contributed by atoms with E-state index in [9.17, 15) is 4.79 Å². The first-order valence-corrected chi connectivity index (χ1v) is 10.2. The maximum atomic E-state index is 12.1. The zero-order valence-corrected chi connectivity index (χ0v) is 16.8. The van der Waals surface area contributed by atoms with Crippen molar-refractivity contribution >= 4 is 5.91 Å². The van der Waals surface area contributed by atoms with Crippen LogP contribution in [0, 0.1) is 0 Å². The molecule has 3 heteroatoms. The zero-order valence-electron chi connectivity index (χ0n) is 16.8. The molecule has 0 aliphatic carbocycles. The summed E-state index contributed by atoms with van der Waals surface area (Å²) in [6.07, 6.45) is 18.9. The number of likely N-dealkylation sites (N-methyl/N-ethyl adjacent to an activating group) is 1. The number of unbranched alkanes of at least 4 members (excludes halogenated alkanes) is 8. The van der Waals surface area contributed by atoms with Gasteiger partial charge in [-0.25, -0.2) is 0 Å². The SMILES string of the molecule is CCCCCCCC(CCCCCCC)NC(=O)/C=C/CN(C)C. The van der Waals surface area contributed by atoms with Crippen LogP contribution in [0.2, 0.25) is 0 Å². The van der Waals surface area contributed by atoms with Crippen LogP contribution in [0.4, 0.5) is 0 Å². The van der Waals surface area contributed by atoms with Crippen molar-refractivity contribution in [1.29, 1.82) is 0 Å². The molecular weight excluding hydrogens is 296 g/mol. The molecule has 0 bridgehead atoms. The largest absolute Gasteiger partial charge is 0.350 e. The standard InChI is InChI=1S/C21H42N2O/c1-5-7-9-11-13-16-20(17-14-12-10-8-6-2)22-21(24)18-15-19-23(3)4/h15,18,20H,5-14,16-17,19H2,1-4H3,(H,22,24)/b18-15+. The predicted octanol–water partition coefficient (Wildman–Crippen LogP) is 5.31. The number of hydrogen-bond acceptors (Lipinski definition) is 2. The number of carbonyl (C=O) groups is 1. The normalized spacial score (nSPS) is 11.8. The number of rotatable bonds is 16. The fourth-order valence-electron chi connectivity index (χ4n) is 2.90. The van der Waals surface area contributed by atoms with E-state index in [0.717, 1.165) is 19.4 Å². The molecule has 0 aromatic carbocycles. The fourth-order valence-corrected chi connectivity index (χ4v) is 2.90. The van der Waals surface area contributed by atoms with E-state index in [4.69, 9.17) is 0 Å². The lowest BCUT2D eigenvalue weighted by atomic mass is 10.0. The van der Waals surface area contributed by atoms with E-state index in [0.29, 0.717) is 6.04 Å². The Morgan fingerprint density at radius 3 is 1.83 bits per heavy atom. The third-order valence-electron chi connectivity index (χ3n) is 4.40. The maximum absolute atomic E-state index is 12.1. The minimum atomic E-state index is 0.0731. The summed E-state index contributed by atoms with van der Waals surface area (Å²) in [7, 11) is 4.02. The van der Waals surface area contributed by atoms with Crippen molar-refractivity contribution in [3.63, 3.8) is 0 Å². The highest BCUT2D eigenvalue weighted by atomic mass is 16.1. The molecule has 0 fully saturated rings. The highest BCUT2D eigenvalue weighted by Gasteiger charge is 2.10. The van der Waals surface area contributed by atoms with Gasteiger partial charge in [0, 0.05) is 18.7 Å². The van der Waals surface area contributed by atoms with Gasteiger partial charge in [0.15, 0.2) is 0 Å². The van der Waals surface area contributed by atoms with Crippen LogP contribution >= 0.6 is 0 Å². The van der Waals surface area contributed by atoms with Gasteiger partial charge in [-0.05, 0) is 26.9 Å². The minimum absolute atomic E-state index is 0.0731. The Balaban J connectivity index is 4.13. The van der Waals surface area contributed by atoms with Crippen molar-refractivity contribution in [2.24, 2.45) is 0 Å². The van der Waals surface area contributed by atoms with Crippen LogP contribution in [0.25, 0.3) is 0 Å². The first-order valence-electron chi connectivity index (χ1n) is 10.2. The summed E-state index contributed by atoms with van der Waals surface area (Å²) < 4.78 is 0. The molecule has 0 atom stereocenters. The fraction of sp³-hybridized carbons (Fsp3) is 0.857. The Morgan fingerprint density at radius 1 is 0.875 bits per heavy atom. The molecule has 0 aliphatic heterocycles. The van der Waals surface area contributed by atoms with Crippen LogP contribution < -0.4 is 5.32 Å². The zero-order chi connectivity index (χ0) is 18.0. The van der Waals surface area contributed by atoms with Gasteiger partial charge in [-0.15, -0.1) is 0 Å². The molecule has 0 saturated heterocycles. The molecule has 24 heavy (non-hydrogen) atoms. The van der Waals surface area contributed by atoms with Crippen molar-refractivity contribution < 1.29 is 4.79 Å². The van der Waals surface area contributed by atoms with Crippen LogP contribution in [-0.4, -0.2) is 37.5 Å². The summed E-state index contributed by atoms with van der Waals surface area (Å²) >= 11 is 0. The van der Waals surface area contributed by atoms with E-state index >= 15 is 0 Å². The lowest BCUT2D eigenvalue weighted by molar-refractivity contribution is -0.117. The van der Waals surface area contributed by atoms with E-state index in [1.165, 1.54) is 64.2 Å². The van der Waals surface area contributed by atoms with Crippen molar-refractivity contribution in [3.8, 4) is 0 Å². The maximum Gasteiger partial charge on any atom is 0.243 e. The molecule has 142 valence electrons. The number of amides is 1. The number of nitrogens with zero attached hydrogens (tertiary/aromatic N) is 1. The molecule has 0 saturated carbocycles. The summed E-state index contributed by atoms with van der Waals surface area (Å²) in [4.78, 5) is 14.1. The lowest BCUT2D eigenvalue weighted by Crippen LogP contribution is -2.33. The summed E-state index contributed by atoms with van der Waals surface area (Å²) in [6.45, 7) is 5.31. The molecule has 0 rings (SSSR count). The molecule has 1 amide bonds. The topological polar surface area (TPSA) is 32.3 Å². The molecule has 3 nitrogen and oxygen atoms in total. The van der Waals surface area contributed by atoms with Crippen LogP contribution in [0.15, 0.2) is 12.2 Å². The Kier molecular flexibility index (Phi) is 16.4. The van der Waals surface area contributed by atoms with Gasteiger partial charge < -0.3 is 10.2 Å². The third-order valence-corrected chi connectivity index (χ3v) is 4.40. The van der Waals surface area contributed by atoms with E-state index in [2.05, 4.69) is 24.1 Å². The molecular formula is C21H42N2O. The predicted molar refractivity (Wildman–Crippen MR) is 106 cm³/mol. The van der Waals surface area contributed by atoms with Gasteiger partial charge in [-0.3, -0.25) is 4.79 Å². The molecule has 0 radical (unpaired) electrons. The van der Waals surface area contributed by atoms with Crippen LogP contribution in [0.1, 0.15) is 90.9 Å². The number of hydrogen-bond donors (Lipinski definition) is 1. The lowest BCUT2D eigenvalue weighted by Gasteiger charge is -2.18. The smallest absolute Gasteiger partial charge is 0.243 e. The van der Waals surface area contributed by atoms with Gasteiger partial charge in [0.05, 0.1) is 0 Å². The Hall–Kier alpha value is -0.830. The number of carbonyl (C=O) groups excluding carboxylic acids is 1. The van der Waals surface area contributed by atoms with E-state index in [1.807, 2.05) is 20.2 Å². The first-order chi connectivity index (χ1) is 11.6. The third kappa shape index (κ3) is 16.0. The average molecular weight is 339 g/mol. The summed E-state index contributed by atoms with van der Waals surface area (Å²) in [6, 6.07) is 0.352. The molecule has 0 aromatic heterocycles. The van der Waals surface area contributed by atoms with Gasteiger partial charge in [-0.2, -0.15) is 0 Å². The van der Waals surface area contributed by atoms with Crippen molar-refractivity contribution in [3.05, 3.63) is 12.2 Å². The minimum Gasteiger partial charge on any atom is -0.350 e. The van der Waals surface area contributed by atoms with Gasteiger partial charge in [0.25, 0.3) is 0 Å². The molecule has 1 N–H and O–H groups in total. The highest BCUT2D eigenvalue weighted by molar-refractivity contribution is 5.87. The van der Waals surface area contributed by atoms with Crippen LogP contribution in [0.5, 0.6) is 0 Å². The molecule has 0 heterocycles. The molecule has 0 unspecified atom stereocenters. The van der Waals surface area contributed by atoms with Crippen molar-refractivity contribution in [2.45, 2.75) is 96.9 Å². The molecule has 0 aliphatic rings. The van der Waals surface area contributed by atoms with Crippen molar-refractivity contribution in [1.82, 2.24) is 10.2 Å². The monoisotopic (exact) mass is 338 g/mol. The number of nitrogens with one attached hydrogen (secondary N) is 1. The van der Waals surface area contributed by atoms with E-state index in [1.54, 1.807) is 6.08 Å². The first kappa shape index (κ1) is 23.2. The second kappa shape index (κ2) is 17.0. The second-order valence-electron chi connectivity index (χ2n) is 7.28. The quantitative estimate of drug-likeness (QED) is 0.305. The summed E-state index contributed by atoms with van der Waals surface area (Å²) in [5.41, 5.74) is 0. The second-order valence-corrected chi connectivity index (χ2v) is 7.28.